The Bertz CT molecular complexity index is 956. The number of nitrogens with zero attached hydrogens (tertiary/aromatic N) is 5. The van der Waals surface area contributed by atoms with Gasteiger partial charge in [0.2, 0.25) is 0 Å². The van der Waals surface area contributed by atoms with Gasteiger partial charge in [0.1, 0.15) is 0 Å². The summed E-state index contributed by atoms with van der Waals surface area (Å²) < 4.78 is 4.22. The van der Waals surface area contributed by atoms with Gasteiger partial charge in [-0.3, -0.25) is 14.3 Å². The Kier molecular flexibility index (Phi) is 6.57. The Labute approximate surface area is 172 Å². The van der Waals surface area contributed by atoms with Crippen molar-refractivity contribution in [2.45, 2.75) is 58.8 Å². The highest BCUT2D eigenvalue weighted by molar-refractivity contribution is 5.78. The molecule has 4 aromatic rings. The lowest BCUT2D eigenvalue weighted by atomic mass is 10.1. The Morgan fingerprint density at radius 3 is 1.79 bits per heavy atom. The molecule has 0 saturated carbocycles. The molecule has 0 bridgehead atoms. The number of hydrogen-bond acceptors (Lipinski definition) is 3. The minimum absolute atomic E-state index is 0.774. The summed E-state index contributed by atoms with van der Waals surface area (Å²) in [5, 5.41) is 11.7. The Balaban J connectivity index is 1.47. The molecule has 5 heteroatoms. The van der Waals surface area contributed by atoms with Gasteiger partial charge >= 0.3 is 0 Å². The van der Waals surface area contributed by atoms with E-state index in [2.05, 4.69) is 79.9 Å². The highest BCUT2D eigenvalue weighted by Crippen LogP contribution is 2.17. The van der Waals surface area contributed by atoms with Crippen molar-refractivity contribution in [2.24, 2.45) is 0 Å². The Hall–Kier alpha value is -2.66. The summed E-state index contributed by atoms with van der Waals surface area (Å²) >= 11 is 0. The van der Waals surface area contributed by atoms with Gasteiger partial charge in [0, 0.05) is 17.3 Å². The summed E-state index contributed by atoms with van der Waals surface area (Å²) in [5.74, 6) is 0. The zero-order valence-electron chi connectivity index (χ0n) is 17.4. The molecule has 2 heterocycles. The number of rotatable bonds is 11. The molecule has 0 amide bonds. The molecule has 0 spiro atoms. The van der Waals surface area contributed by atoms with E-state index in [1.54, 1.807) is 0 Å². The lowest BCUT2D eigenvalue weighted by molar-refractivity contribution is 0.155. The topological polar surface area (TPSA) is 38.9 Å². The van der Waals surface area contributed by atoms with Crippen molar-refractivity contribution in [1.82, 2.24) is 24.5 Å². The third kappa shape index (κ3) is 4.85. The molecule has 0 radical (unpaired) electrons. The maximum absolute atomic E-state index is 4.64. The zero-order chi connectivity index (χ0) is 19.9. The van der Waals surface area contributed by atoms with Crippen LogP contribution in [0.15, 0.2) is 60.9 Å². The molecule has 5 nitrogen and oxygen atoms in total. The van der Waals surface area contributed by atoms with Gasteiger partial charge in [-0.1, -0.05) is 75.4 Å². The molecule has 0 aliphatic heterocycles. The normalized spacial score (nSPS) is 11.8. The minimum atomic E-state index is 0.774. The van der Waals surface area contributed by atoms with Crippen LogP contribution in [0.4, 0.5) is 0 Å². The molecule has 4 rings (SSSR count). The second kappa shape index (κ2) is 9.70. The lowest BCUT2D eigenvalue weighted by Crippen LogP contribution is -2.30. The molecule has 0 aliphatic carbocycles. The first-order chi connectivity index (χ1) is 14.3. The van der Waals surface area contributed by atoms with E-state index in [9.17, 15) is 0 Å². The summed E-state index contributed by atoms with van der Waals surface area (Å²) in [6, 6.07) is 16.8. The molecule has 0 unspecified atom stereocenters. The summed E-state index contributed by atoms with van der Waals surface area (Å²) in [6.45, 7) is 4.87. The van der Waals surface area contributed by atoms with Crippen molar-refractivity contribution in [3.05, 3.63) is 60.9 Å². The predicted octanol–water partition coefficient (Wildman–Crippen LogP) is 5.66. The highest BCUT2D eigenvalue weighted by atomic mass is 15.4. The standard InChI is InChI=1S/C24H31N5/c1-2-3-4-5-6-11-16-27(19-28-23-14-9-7-12-21(23)17-25-28)20-29-24-15-10-8-13-22(24)18-26-29/h7-10,12-15,17-18H,2-6,11,16,19-20H2,1H3. The first-order valence-electron chi connectivity index (χ1n) is 10.9. The second-order valence-corrected chi connectivity index (χ2v) is 7.85. The van der Waals surface area contributed by atoms with Crippen LogP contribution >= 0.6 is 0 Å². The largest absolute Gasteiger partial charge is 0.265 e. The van der Waals surface area contributed by atoms with Crippen LogP contribution < -0.4 is 0 Å². The molecule has 0 aliphatic rings. The van der Waals surface area contributed by atoms with Gasteiger partial charge in [0.25, 0.3) is 0 Å². The van der Waals surface area contributed by atoms with Crippen molar-refractivity contribution in [3.63, 3.8) is 0 Å². The van der Waals surface area contributed by atoms with Crippen molar-refractivity contribution < 1.29 is 0 Å². The van der Waals surface area contributed by atoms with Crippen LogP contribution in [-0.4, -0.2) is 31.0 Å². The molecule has 0 saturated heterocycles. The van der Waals surface area contributed by atoms with Crippen LogP contribution in [0.2, 0.25) is 0 Å². The summed E-state index contributed by atoms with van der Waals surface area (Å²) in [6.07, 6.45) is 11.7. The minimum Gasteiger partial charge on any atom is -0.265 e. The summed E-state index contributed by atoms with van der Waals surface area (Å²) in [7, 11) is 0. The third-order valence-electron chi connectivity index (χ3n) is 5.60. The van der Waals surface area contributed by atoms with Crippen molar-refractivity contribution >= 4 is 21.8 Å². The molecular weight excluding hydrogens is 358 g/mol. The molecular formula is C24H31N5. The smallest absolute Gasteiger partial charge is 0.0950 e. The van der Waals surface area contributed by atoms with E-state index in [0.717, 1.165) is 19.9 Å². The quantitative estimate of drug-likeness (QED) is 0.311. The average Bonchev–Trinajstić information content (AvgIpc) is 3.35. The molecule has 2 aromatic carbocycles. The first kappa shape index (κ1) is 19.6. The van der Waals surface area contributed by atoms with E-state index in [1.165, 1.54) is 60.3 Å². The molecule has 2 aromatic heterocycles. The van der Waals surface area contributed by atoms with E-state index < -0.39 is 0 Å². The zero-order valence-corrected chi connectivity index (χ0v) is 17.4. The monoisotopic (exact) mass is 389 g/mol. The molecule has 29 heavy (non-hydrogen) atoms. The van der Waals surface area contributed by atoms with Gasteiger partial charge in [-0.25, -0.2) is 0 Å². The number of benzene rings is 2. The molecule has 0 N–H and O–H groups in total. The van der Waals surface area contributed by atoms with E-state index in [1.807, 2.05) is 12.4 Å². The molecule has 152 valence electrons. The lowest BCUT2D eigenvalue weighted by Gasteiger charge is -2.23. The Morgan fingerprint density at radius 2 is 1.21 bits per heavy atom. The van der Waals surface area contributed by atoms with Crippen LogP contribution in [0.5, 0.6) is 0 Å². The number of para-hydroxylation sites is 2. The molecule has 0 atom stereocenters. The summed E-state index contributed by atoms with van der Waals surface area (Å²) in [4.78, 5) is 2.46. The number of hydrogen-bond donors (Lipinski definition) is 0. The average molecular weight is 390 g/mol. The number of unbranched alkanes of at least 4 members (excludes halogenated alkanes) is 5. The van der Waals surface area contributed by atoms with Gasteiger partial charge in [0.05, 0.1) is 36.8 Å². The SMILES string of the molecule is CCCCCCCCN(Cn1ncc2ccccc21)Cn1ncc2ccccc21. The van der Waals surface area contributed by atoms with Gasteiger partial charge < -0.3 is 0 Å². The van der Waals surface area contributed by atoms with Gasteiger partial charge in [0.15, 0.2) is 0 Å². The van der Waals surface area contributed by atoms with E-state index in [4.69, 9.17) is 0 Å². The third-order valence-corrected chi connectivity index (χ3v) is 5.60. The first-order valence-corrected chi connectivity index (χ1v) is 10.9. The van der Waals surface area contributed by atoms with Crippen molar-refractivity contribution in [2.75, 3.05) is 6.54 Å². The van der Waals surface area contributed by atoms with E-state index in [0.29, 0.717) is 0 Å². The number of aromatic nitrogens is 4. The van der Waals surface area contributed by atoms with Gasteiger partial charge in [-0.2, -0.15) is 10.2 Å². The number of fused-ring (bicyclic) bond motifs is 2. The van der Waals surface area contributed by atoms with Crippen molar-refractivity contribution in [3.8, 4) is 0 Å². The van der Waals surface area contributed by atoms with E-state index in [-0.39, 0.29) is 0 Å². The molecule has 0 fully saturated rings. The van der Waals surface area contributed by atoms with Crippen LogP contribution in [0.3, 0.4) is 0 Å². The van der Waals surface area contributed by atoms with Gasteiger partial charge in [-0.15, -0.1) is 0 Å². The van der Waals surface area contributed by atoms with Crippen LogP contribution in [0.25, 0.3) is 21.8 Å². The fourth-order valence-electron chi connectivity index (χ4n) is 3.96. The second-order valence-electron chi connectivity index (χ2n) is 7.85. The fourth-order valence-corrected chi connectivity index (χ4v) is 3.96. The highest BCUT2D eigenvalue weighted by Gasteiger charge is 2.12. The van der Waals surface area contributed by atoms with Crippen LogP contribution in [0.1, 0.15) is 45.4 Å². The van der Waals surface area contributed by atoms with Crippen LogP contribution in [0, 0.1) is 0 Å². The van der Waals surface area contributed by atoms with E-state index >= 15 is 0 Å². The predicted molar refractivity (Wildman–Crippen MR) is 120 cm³/mol. The maximum Gasteiger partial charge on any atom is 0.0950 e. The maximum atomic E-state index is 4.64. The summed E-state index contributed by atoms with van der Waals surface area (Å²) in [5.41, 5.74) is 2.37. The van der Waals surface area contributed by atoms with Crippen LogP contribution in [-0.2, 0) is 13.3 Å². The van der Waals surface area contributed by atoms with Gasteiger partial charge in [-0.05, 0) is 18.6 Å². The Morgan fingerprint density at radius 1 is 0.690 bits per heavy atom. The van der Waals surface area contributed by atoms with Crippen molar-refractivity contribution in [1.29, 1.82) is 0 Å². The fraction of sp³-hybridized carbons (Fsp3) is 0.417.